The molecule has 0 spiro atoms. The number of benzene rings is 1. The van der Waals surface area contributed by atoms with Crippen LogP contribution < -0.4 is 25.0 Å². The number of rotatable bonds is 9. The highest BCUT2D eigenvalue weighted by Crippen LogP contribution is 2.35. The molecule has 192 valence electrons. The molecule has 2 aromatic rings. The Kier molecular flexibility index (Phi) is 8.21. The van der Waals surface area contributed by atoms with E-state index < -0.39 is 12.0 Å². The number of nitrogens with one attached hydrogen (secondary N) is 2. The zero-order valence-electron chi connectivity index (χ0n) is 20.8. The van der Waals surface area contributed by atoms with Gasteiger partial charge in [-0.25, -0.2) is 19.6 Å². The minimum absolute atomic E-state index is 0.221. The maximum atomic E-state index is 13.1. The fraction of sp³-hybridized carbons (Fsp3) is 0.440. The maximum absolute atomic E-state index is 13.1. The standard InChI is InChI=1S/C25H32N6O5/c1-4-35-19-8-7-17(15-20(19)34-3)22-21(23(32)36-5-2)18(28-25(33)29-22)16-30-11-13-31(14-12-30)24-26-9-6-10-27-24/h6-10,15,22H,4-5,11-14,16H2,1-3H3,(H2,28,29,33). The van der Waals surface area contributed by atoms with Crippen LogP contribution in [0.1, 0.15) is 25.5 Å². The van der Waals surface area contributed by atoms with Crippen molar-refractivity contribution in [3.05, 3.63) is 53.5 Å². The number of amides is 2. The zero-order chi connectivity index (χ0) is 25.5. The van der Waals surface area contributed by atoms with Crippen LogP contribution in [0.5, 0.6) is 11.5 Å². The number of aromatic nitrogens is 2. The first-order chi connectivity index (χ1) is 17.5. The molecule has 4 rings (SSSR count). The van der Waals surface area contributed by atoms with Crippen LogP contribution in [-0.2, 0) is 9.53 Å². The van der Waals surface area contributed by atoms with Gasteiger partial charge in [0.25, 0.3) is 0 Å². The molecular weight excluding hydrogens is 464 g/mol. The molecule has 0 aliphatic carbocycles. The smallest absolute Gasteiger partial charge is 0.338 e. The molecule has 2 aliphatic heterocycles. The van der Waals surface area contributed by atoms with Gasteiger partial charge < -0.3 is 29.7 Å². The number of ether oxygens (including phenoxy) is 3. The van der Waals surface area contributed by atoms with E-state index in [0.717, 1.165) is 26.2 Å². The molecular formula is C25H32N6O5. The molecule has 11 nitrogen and oxygen atoms in total. The number of methoxy groups -OCH3 is 1. The maximum Gasteiger partial charge on any atom is 0.338 e. The average Bonchev–Trinajstić information content (AvgIpc) is 2.90. The van der Waals surface area contributed by atoms with Gasteiger partial charge in [-0.15, -0.1) is 0 Å². The van der Waals surface area contributed by atoms with Gasteiger partial charge in [-0.3, -0.25) is 4.90 Å². The molecule has 1 saturated heterocycles. The minimum atomic E-state index is -0.698. The predicted molar refractivity (Wildman–Crippen MR) is 133 cm³/mol. The number of urea groups is 1. The van der Waals surface area contributed by atoms with Gasteiger partial charge in [0.15, 0.2) is 11.5 Å². The lowest BCUT2D eigenvalue weighted by Crippen LogP contribution is -2.52. The Morgan fingerprint density at radius 1 is 1.08 bits per heavy atom. The summed E-state index contributed by atoms with van der Waals surface area (Å²) in [6.07, 6.45) is 3.46. The highest BCUT2D eigenvalue weighted by Gasteiger charge is 2.35. The molecule has 1 unspecified atom stereocenters. The summed E-state index contributed by atoms with van der Waals surface area (Å²) in [4.78, 5) is 38.8. The number of piperazine rings is 1. The fourth-order valence-corrected chi connectivity index (χ4v) is 4.37. The number of hydrogen-bond donors (Lipinski definition) is 2. The van der Waals surface area contributed by atoms with Gasteiger partial charge in [-0.2, -0.15) is 0 Å². The molecule has 0 radical (unpaired) electrons. The first kappa shape index (κ1) is 25.2. The second kappa shape index (κ2) is 11.7. The average molecular weight is 497 g/mol. The van der Waals surface area contributed by atoms with Gasteiger partial charge in [0.1, 0.15) is 0 Å². The third-order valence-corrected chi connectivity index (χ3v) is 6.06. The molecule has 0 bridgehead atoms. The lowest BCUT2D eigenvalue weighted by atomic mass is 9.94. The summed E-state index contributed by atoms with van der Waals surface area (Å²) in [5.74, 6) is 1.33. The van der Waals surface area contributed by atoms with Crippen molar-refractivity contribution in [1.29, 1.82) is 0 Å². The molecule has 2 aliphatic rings. The second-order valence-electron chi connectivity index (χ2n) is 8.30. The van der Waals surface area contributed by atoms with E-state index in [1.165, 1.54) is 0 Å². The molecule has 3 heterocycles. The van der Waals surface area contributed by atoms with Crippen molar-refractivity contribution in [2.45, 2.75) is 19.9 Å². The summed E-state index contributed by atoms with van der Waals surface area (Å²) >= 11 is 0. The summed E-state index contributed by atoms with van der Waals surface area (Å²) in [7, 11) is 1.55. The summed E-state index contributed by atoms with van der Waals surface area (Å²) in [5, 5.41) is 5.72. The lowest BCUT2D eigenvalue weighted by Gasteiger charge is -2.37. The highest BCUT2D eigenvalue weighted by atomic mass is 16.5. The van der Waals surface area contributed by atoms with E-state index in [4.69, 9.17) is 14.2 Å². The van der Waals surface area contributed by atoms with Crippen molar-refractivity contribution in [1.82, 2.24) is 25.5 Å². The van der Waals surface area contributed by atoms with Crippen molar-refractivity contribution < 1.29 is 23.8 Å². The molecule has 1 aromatic carbocycles. The Balaban J connectivity index is 1.60. The van der Waals surface area contributed by atoms with Crippen LogP contribution in [0.4, 0.5) is 10.7 Å². The van der Waals surface area contributed by atoms with E-state index in [1.54, 1.807) is 44.6 Å². The molecule has 2 amide bonds. The van der Waals surface area contributed by atoms with Crippen LogP contribution in [0.25, 0.3) is 0 Å². The SMILES string of the molecule is CCOC(=O)C1=C(CN2CCN(c3ncccn3)CC2)NC(=O)NC1c1ccc(OCC)c(OC)c1. The number of anilines is 1. The van der Waals surface area contributed by atoms with Crippen LogP contribution in [0.2, 0.25) is 0 Å². The van der Waals surface area contributed by atoms with Gasteiger partial charge >= 0.3 is 12.0 Å². The van der Waals surface area contributed by atoms with Gasteiger partial charge in [0.05, 0.1) is 31.9 Å². The van der Waals surface area contributed by atoms with E-state index in [0.29, 0.717) is 47.4 Å². The van der Waals surface area contributed by atoms with Crippen molar-refractivity contribution in [2.24, 2.45) is 0 Å². The molecule has 1 fully saturated rings. The quantitative estimate of drug-likeness (QED) is 0.502. The van der Waals surface area contributed by atoms with Gasteiger partial charge in [-0.1, -0.05) is 6.07 Å². The zero-order valence-corrected chi connectivity index (χ0v) is 20.8. The summed E-state index contributed by atoms with van der Waals surface area (Å²) < 4.78 is 16.5. The topological polar surface area (TPSA) is 118 Å². The first-order valence-corrected chi connectivity index (χ1v) is 12.1. The number of hydrogen-bond acceptors (Lipinski definition) is 9. The lowest BCUT2D eigenvalue weighted by molar-refractivity contribution is -0.139. The monoisotopic (exact) mass is 496 g/mol. The van der Waals surface area contributed by atoms with Crippen molar-refractivity contribution in [3.8, 4) is 11.5 Å². The highest BCUT2D eigenvalue weighted by molar-refractivity contribution is 5.95. The number of carbonyl (C=O) groups excluding carboxylic acids is 2. The largest absolute Gasteiger partial charge is 0.493 e. The Hall–Kier alpha value is -3.86. The third kappa shape index (κ3) is 5.68. The Morgan fingerprint density at radius 2 is 1.83 bits per heavy atom. The van der Waals surface area contributed by atoms with Gasteiger partial charge in [-0.05, 0) is 37.6 Å². The molecule has 1 atom stereocenters. The van der Waals surface area contributed by atoms with Gasteiger partial charge in [0.2, 0.25) is 5.95 Å². The van der Waals surface area contributed by atoms with Crippen molar-refractivity contribution in [3.63, 3.8) is 0 Å². The predicted octanol–water partition coefficient (Wildman–Crippen LogP) is 1.88. The normalized spacial score (nSPS) is 18.4. The van der Waals surface area contributed by atoms with Crippen LogP contribution in [0, 0.1) is 0 Å². The van der Waals surface area contributed by atoms with Crippen LogP contribution in [0.3, 0.4) is 0 Å². The fourth-order valence-electron chi connectivity index (χ4n) is 4.37. The van der Waals surface area contributed by atoms with Gasteiger partial charge in [0, 0.05) is 50.8 Å². The Bertz CT molecular complexity index is 1100. The van der Waals surface area contributed by atoms with E-state index in [-0.39, 0.29) is 12.6 Å². The van der Waals surface area contributed by atoms with Crippen LogP contribution in [0.15, 0.2) is 47.9 Å². The van der Waals surface area contributed by atoms with E-state index in [9.17, 15) is 9.59 Å². The molecule has 1 aromatic heterocycles. The van der Waals surface area contributed by atoms with Crippen molar-refractivity contribution >= 4 is 17.9 Å². The van der Waals surface area contributed by atoms with Crippen LogP contribution in [-0.4, -0.2) is 79.9 Å². The summed E-state index contributed by atoms with van der Waals surface area (Å²) in [6, 6.07) is 6.08. The van der Waals surface area contributed by atoms with E-state index in [1.807, 2.05) is 13.0 Å². The van der Waals surface area contributed by atoms with Crippen LogP contribution >= 0.6 is 0 Å². The molecule has 11 heteroatoms. The Morgan fingerprint density at radius 3 is 2.50 bits per heavy atom. The minimum Gasteiger partial charge on any atom is -0.493 e. The summed E-state index contributed by atoms with van der Waals surface area (Å²) in [6.45, 7) is 7.67. The van der Waals surface area contributed by atoms with Crippen molar-refractivity contribution in [2.75, 3.05) is 57.9 Å². The molecule has 36 heavy (non-hydrogen) atoms. The van der Waals surface area contributed by atoms with E-state index >= 15 is 0 Å². The van der Waals surface area contributed by atoms with E-state index in [2.05, 4.69) is 30.4 Å². The summed E-state index contributed by atoms with van der Waals surface area (Å²) in [5.41, 5.74) is 1.59. The third-order valence-electron chi connectivity index (χ3n) is 6.06. The molecule has 2 N–H and O–H groups in total. The Labute approximate surface area is 210 Å². The number of esters is 1. The number of nitrogens with zero attached hydrogens (tertiary/aromatic N) is 4. The first-order valence-electron chi connectivity index (χ1n) is 12.1. The second-order valence-corrected chi connectivity index (χ2v) is 8.30. The molecule has 0 saturated carbocycles. The number of carbonyl (C=O) groups is 2.